The van der Waals surface area contributed by atoms with Gasteiger partial charge in [0.25, 0.3) is 0 Å². The largest absolute Gasteiger partial charge is 0.289 e. The highest BCUT2D eigenvalue weighted by Crippen LogP contribution is 2.19. The summed E-state index contributed by atoms with van der Waals surface area (Å²) >= 11 is 2.23. The first-order chi connectivity index (χ1) is 9.25. The highest BCUT2D eigenvalue weighted by Gasteiger charge is 2.12. The van der Waals surface area contributed by atoms with Gasteiger partial charge in [0.05, 0.1) is 5.52 Å². The maximum Gasteiger partial charge on any atom is 0.195 e. The third-order valence-electron chi connectivity index (χ3n) is 2.98. The Morgan fingerprint density at radius 1 is 0.947 bits per heavy atom. The molecule has 1 aromatic heterocycles. The Morgan fingerprint density at radius 2 is 1.68 bits per heavy atom. The molecule has 92 valence electrons. The number of carbonyl (C=O) groups is 1. The Hall–Kier alpha value is -1.75. The lowest BCUT2D eigenvalue weighted by atomic mass is 10.0. The summed E-state index contributed by atoms with van der Waals surface area (Å²) in [5.74, 6) is 0.0145. The molecule has 0 spiro atoms. The highest BCUT2D eigenvalue weighted by atomic mass is 127. The van der Waals surface area contributed by atoms with Gasteiger partial charge < -0.3 is 0 Å². The average Bonchev–Trinajstić information content (AvgIpc) is 2.47. The molecule has 3 heteroatoms. The van der Waals surface area contributed by atoms with Crippen LogP contribution >= 0.6 is 22.6 Å². The van der Waals surface area contributed by atoms with Gasteiger partial charge in [-0.05, 0) is 59.0 Å². The first-order valence-corrected chi connectivity index (χ1v) is 6.97. The molecule has 1 heterocycles. The van der Waals surface area contributed by atoms with Gasteiger partial charge in [0.15, 0.2) is 5.78 Å². The summed E-state index contributed by atoms with van der Waals surface area (Å²) in [5.41, 5.74) is 2.10. The van der Waals surface area contributed by atoms with Gasteiger partial charge in [-0.1, -0.05) is 18.2 Å². The van der Waals surface area contributed by atoms with Gasteiger partial charge in [0.2, 0.25) is 0 Å². The Morgan fingerprint density at radius 3 is 2.47 bits per heavy atom. The number of carbonyl (C=O) groups excluding carboxylic acids is 1. The second-order valence-electron chi connectivity index (χ2n) is 4.22. The minimum Gasteiger partial charge on any atom is -0.289 e. The summed E-state index contributed by atoms with van der Waals surface area (Å²) in [4.78, 5) is 16.9. The van der Waals surface area contributed by atoms with Gasteiger partial charge in [-0.25, -0.2) is 0 Å². The molecule has 0 saturated carbocycles. The number of ketones is 1. The van der Waals surface area contributed by atoms with E-state index in [0.717, 1.165) is 14.5 Å². The summed E-state index contributed by atoms with van der Waals surface area (Å²) in [5, 5.41) is 0.985. The van der Waals surface area contributed by atoms with Crippen molar-refractivity contribution in [1.82, 2.24) is 4.98 Å². The van der Waals surface area contributed by atoms with Gasteiger partial charge in [-0.2, -0.15) is 0 Å². The van der Waals surface area contributed by atoms with Crippen LogP contribution in [0.1, 0.15) is 15.9 Å². The van der Waals surface area contributed by atoms with Crippen LogP contribution in [0.2, 0.25) is 0 Å². The van der Waals surface area contributed by atoms with Crippen molar-refractivity contribution in [1.29, 1.82) is 0 Å². The molecular formula is C16H10INO. The lowest BCUT2D eigenvalue weighted by molar-refractivity contribution is 0.104. The maximum atomic E-state index is 12.5. The second kappa shape index (κ2) is 5.09. The zero-order valence-corrected chi connectivity index (χ0v) is 12.2. The molecule has 19 heavy (non-hydrogen) atoms. The average molecular weight is 359 g/mol. The number of nitrogens with zero attached hydrogens (tertiary/aromatic N) is 1. The van der Waals surface area contributed by atoms with Crippen LogP contribution in [0.15, 0.2) is 60.8 Å². The van der Waals surface area contributed by atoms with E-state index in [0.29, 0.717) is 11.1 Å². The fourth-order valence-corrected chi connectivity index (χ4v) is 2.40. The summed E-state index contributed by atoms with van der Waals surface area (Å²) in [6.07, 6.45) is 1.72. The standard InChI is InChI=1S/C16H10INO/c17-13-8-6-12(7-9-13)16(19)14-5-1-3-11-4-2-10-18-15(11)14/h1-10H. The Bertz CT molecular complexity index is 745. The topological polar surface area (TPSA) is 30.0 Å². The summed E-state index contributed by atoms with van der Waals surface area (Å²) in [6, 6.07) is 17.1. The van der Waals surface area contributed by atoms with Gasteiger partial charge in [0, 0.05) is 26.3 Å². The highest BCUT2D eigenvalue weighted by molar-refractivity contribution is 14.1. The quantitative estimate of drug-likeness (QED) is 0.510. The van der Waals surface area contributed by atoms with Gasteiger partial charge >= 0.3 is 0 Å². The zero-order chi connectivity index (χ0) is 13.2. The van der Waals surface area contributed by atoms with Crippen molar-refractivity contribution in [2.45, 2.75) is 0 Å². The third-order valence-corrected chi connectivity index (χ3v) is 3.70. The minimum absolute atomic E-state index is 0.0145. The van der Waals surface area contributed by atoms with Crippen LogP contribution in [0.4, 0.5) is 0 Å². The van der Waals surface area contributed by atoms with Crippen molar-refractivity contribution in [2.75, 3.05) is 0 Å². The van der Waals surface area contributed by atoms with E-state index >= 15 is 0 Å². The van der Waals surface area contributed by atoms with Crippen molar-refractivity contribution in [3.05, 3.63) is 75.5 Å². The van der Waals surface area contributed by atoms with Gasteiger partial charge in [0.1, 0.15) is 0 Å². The van der Waals surface area contributed by atoms with E-state index in [1.807, 2.05) is 54.6 Å². The van der Waals surface area contributed by atoms with Crippen LogP contribution < -0.4 is 0 Å². The van der Waals surface area contributed by atoms with Gasteiger partial charge in [-0.3, -0.25) is 9.78 Å². The number of benzene rings is 2. The molecule has 0 aliphatic rings. The minimum atomic E-state index is 0.0145. The summed E-state index contributed by atoms with van der Waals surface area (Å²) in [6.45, 7) is 0. The molecule has 2 nitrogen and oxygen atoms in total. The molecule has 0 N–H and O–H groups in total. The van der Waals surface area contributed by atoms with E-state index in [4.69, 9.17) is 0 Å². The number of pyridine rings is 1. The number of hydrogen-bond donors (Lipinski definition) is 0. The Balaban J connectivity index is 2.14. The first-order valence-electron chi connectivity index (χ1n) is 5.90. The molecule has 3 aromatic rings. The van der Waals surface area contributed by atoms with E-state index < -0.39 is 0 Å². The molecule has 0 aliphatic heterocycles. The van der Waals surface area contributed by atoms with Crippen LogP contribution in [0.5, 0.6) is 0 Å². The zero-order valence-electron chi connectivity index (χ0n) is 10.0. The predicted molar refractivity (Wildman–Crippen MR) is 84.3 cm³/mol. The number of halogens is 1. The Labute approximate surface area is 124 Å². The normalized spacial score (nSPS) is 10.6. The van der Waals surface area contributed by atoms with Crippen LogP contribution in [0, 0.1) is 3.57 Å². The van der Waals surface area contributed by atoms with Crippen LogP contribution in [0.3, 0.4) is 0 Å². The van der Waals surface area contributed by atoms with E-state index in [2.05, 4.69) is 27.6 Å². The first kappa shape index (κ1) is 12.3. The molecule has 0 unspecified atom stereocenters. The lowest BCUT2D eigenvalue weighted by Crippen LogP contribution is -2.02. The van der Waals surface area contributed by atoms with E-state index in [-0.39, 0.29) is 5.78 Å². The fourth-order valence-electron chi connectivity index (χ4n) is 2.04. The van der Waals surface area contributed by atoms with E-state index in [1.54, 1.807) is 6.20 Å². The predicted octanol–water partition coefficient (Wildman–Crippen LogP) is 4.07. The van der Waals surface area contributed by atoms with Crippen LogP contribution in [-0.4, -0.2) is 10.8 Å². The SMILES string of the molecule is O=C(c1ccc(I)cc1)c1cccc2cccnc12. The number of hydrogen-bond acceptors (Lipinski definition) is 2. The molecule has 0 atom stereocenters. The number of rotatable bonds is 2. The second-order valence-corrected chi connectivity index (χ2v) is 5.46. The van der Waals surface area contributed by atoms with Crippen molar-refractivity contribution in [2.24, 2.45) is 0 Å². The molecule has 2 aromatic carbocycles. The van der Waals surface area contributed by atoms with E-state index in [9.17, 15) is 4.79 Å². The Kier molecular flexibility index (Phi) is 3.29. The third kappa shape index (κ3) is 2.38. The number of para-hydroxylation sites is 1. The van der Waals surface area contributed by atoms with Crippen LogP contribution in [0.25, 0.3) is 10.9 Å². The number of aromatic nitrogens is 1. The summed E-state index contributed by atoms with van der Waals surface area (Å²) in [7, 11) is 0. The van der Waals surface area contributed by atoms with Gasteiger partial charge in [-0.15, -0.1) is 0 Å². The molecule has 0 fully saturated rings. The van der Waals surface area contributed by atoms with Crippen LogP contribution in [-0.2, 0) is 0 Å². The summed E-state index contributed by atoms with van der Waals surface area (Å²) < 4.78 is 1.12. The van der Waals surface area contributed by atoms with Crippen molar-refractivity contribution in [3.63, 3.8) is 0 Å². The molecule has 0 amide bonds. The molecular weight excluding hydrogens is 349 g/mol. The van der Waals surface area contributed by atoms with Crippen molar-refractivity contribution < 1.29 is 4.79 Å². The molecule has 0 bridgehead atoms. The molecule has 0 aliphatic carbocycles. The smallest absolute Gasteiger partial charge is 0.195 e. The van der Waals surface area contributed by atoms with E-state index in [1.165, 1.54) is 0 Å². The molecule has 0 saturated heterocycles. The lowest BCUT2D eigenvalue weighted by Gasteiger charge is -2.05. The fraction of sp³-hybridized carbons (Fsp3) is 0. The monoisotopic (exact) mass is 359 g/mol. The number of fused-ring (bicyclic) bond motifs is 1. The van der Waals surface area contributed by atoms with Crippen molar-refractivity contribution in [3.8, 4) is 0 Å². The maximum absolute atomic E-state index is 12.5. The molecule has 0 radical (unpaired) electrons. The molecule has 3 rings (SSSR count). The van der Waals surface area contributed by atoms with Crippen molar-refractivity contribution >= 4 is 39.3 Å².